The number of hydrogen-bond donors (Lipinski definition) is 3. The molecular formula is C8H14O5. The molecule has 5 nitrogen and oxygen atoms in total. The molecule has 0 spiro atoms. The first-order valence-corrected chi connectivity index (χ1v) is 4.05. The highest BCUT2D eigenvalue weighted by Gasteiger charge is 2.42. The van der Waals surface area contributed by atoms with Crippen molar-refractivity contribution in [3.63, 3.8) is 0 Å². The van der Waals surface area contributed by atoms with E-state index in [0.717, 1.165) is 0 Å². The third-order valence-electron chi connectivity index (χ3n) is 1.88. The van der Waals surface area contributed by atoms with Gasteiger partial charge in [-0.3, -0.25) is 0 Å². The first kappa shape index (κ1) is 10.6. The Bertz CT molecular complexity index is 172. The summed E-state index contributed by atoms with van der Waals surface area (Å²) in [6.07, 6.45) is -2.36. The zero-order valence-electron chi connectivity index (χ0n) is 7.17. The van der Waals surface area contributed by atoms with Crippen molar-refractivity contribution in [3.8, 4) is 0 Å². The van der Waals surface area contributed by atoms with Crippen LogP contribution in [0.5, 0.6) is 0 Å². The van der Waals surface area contributed by atoms with Crippen LogP contribution in [0.2, 0.25) is 0 Å². The van der Waals surface area contributed by atoms with E-state index in [4.69, 9.17) is 14.6 Å². The van der Waals surface area contributed by atoms with E-state index in [9.17, 15) is 10.2 Å². The van der Waals surface area contributed by atoms with E-state index in [-0.39, 0.29) is 13.2 Å². The summed E-state index contributed by atoms with van der Waals surface area (Å²) in [5, 5.41) is 27.4. The van der Waals surface area contributed by atoms with Gasteiger partial charge >= 0.3 is 0 Å². The molecule has 5 heteroatoms. The molecule has 0 radical (unpaired) electrons. The zero-order valence-corrected chi connectivity index (χ0v) is 7.17. The Kier molecular flexibility index (Phi) is 3.83. The second-order valence-corrected chi connectivity index (χ2v) is 2.83. The molecule has 13 heavy (non-hydrogen) atoms. The highest BCUT2D eigenvalue weighted by atomic mass is 16.7. The Morgan fingerprint density at radius 3 is 2.54 bits per heavy atom. The van der Waals surface area contributed by atoms with Gasteiger partial charge in [0.05, 0.1) is 13.2 Å². The van der Waals surface area contributed by atoms with Gasteiger partial charge in [0.15, 0.2) is 6.29 Å². The SMILES string of the molecule is C=CCO[C@H]1O[C@H](CO)[C@@H](O)[C@@H]1O. The van der Waals surface area contributed by atoms with E-state index >= 15 is 0 Å². The van der Waals surface area contributed by atoms with Gasteiger partial charge in [0.25, 0.3) is 0 Å². The Hall–Kier alpha value is -0.460. The number of aliphatic hydroxyl groups excluding tert-OH is 3. The zero-order chi connectivity index (χ0) is 9.84. The van der Waals surface area contributed by atoms with Crippen LogP contribution in [-0.4, -0.2) is 53.1 Å². The molecule has 4 atom stereocenters. The van der Waals surface area contributed by atoms with Gasteiger partial charge in [-0.15, -0.1) is 6.58 Å². The van der Waals surface area contributed by atoms with Crippen molar-refractivity contribution in [2.24, 2.45) is 0 Å². The van der Waals surface area contributed by atoms with Crippen LogP contribution in [0.4, 0.5) is 0 Å². The van der Waals surface area contributed by atoms with E-state index in [0.29, 0.717) is 0 Å². The standard InChI is InChI=1S/C8H14O5/c1-2-3-12-8-7(11)6(10)5(4-9)13-8/h2,5-11H,1,3-4H2/t5-,6-,7+,8+/m1/s1. The summed E-state index contributed by atoms with van der Waals surface area (Å²) >= 11 is 0. The minimum atomic E-state index is -1.11. The molecule has 1 rings (SSSR count). The molecule has 1 aliphatic heterocycles. The van der Waals surface area contributed by atoms with E-state index in [2.05, 4.69) is 6.58 Å². The molecule has 0 unspecified atom stereocenters. The van der Waals surface area contributed by atoms with Crippen molar-refractivity contribution in [1.29, 1.82) is 0 Å². The summed E-state index contributed by atoms with van der Waals surface area (Å²) in [6.45, 7) is 3.32. The average molecular weight is 190 g/mol. The molecule has 1 saturated heterocycles. The third kappa shape index (κ3) is 2.26. The van der Waals surface area contributed by atoms with E-state index in [1.54, 1.807) is 0 Å². The van der Waals surface area contributed by atoms with Gasteiger partial charge in [-0.1, -0.05) is 6.08 Å². The van der Waals surface area contributed by atoms with Crippen molar-refractivity contribution >= 4 is 0 Å². The smallest absolute Gasteiger partial charge is 0.187 e. The molecule has 3 N–H and O–H groups in total. The summed E-state index contributed by atoms with van der Waals surface area (Å²) in [5.41, 5.74) is 0. The van der Waals surface area contributed by atoms with Crippen LogP contribution in [0.1, 0.15) is 0 Å². The topological polar surface area (TPSA) is 79.2 Å². The molecule has 0 aromatic rings. The number of hydrogen-bond acceptors (Lipinski definition) is 5. The van der Waals surface area contributed by atoms with Crippen molar-refractivity contribution in [2.75, 3.05) is 13.2 Å². The van der Waals surface area contributed by atoms with Gasteiger partial charge < -0.3 is 24.8 Å². The monoisotopic (exact) mass is 190 g/mol. The predicted molar refractivity (Wildman–Crippen MR) is 43.9 cm³/mol. The fourth-order valence-electron chi connectivity index (χ4n) is 1.17. The Balaban J connectivity index is 2.45. The number of aliphatic hydroxyl groups is 3. The first-order chi connectivity index (χ1) is 6.20. The quantitative estimate of drug-likeness (QED) is 0.476. The molecule has 1 fully saturated rings. The normalized spacial score (nSPS) is 39.3. The second kappa shape index (κ2) is 4.69. The molecule has 76 valence electrons. The molecule has 0 saturated carbocycles. The van der Waals surface area contributed by atoms with Crippen LogP contribution >= 0.6 is 0 Å². The first-order valence-electron chi connectivity index (χ1n) is 4.05. The maximum absolute atomic E-state index is 9.34. The lowest BCUT2D eigenvalue weighted by atomic mass is 10.1. The molecule has 1 aliphatic rings. The van der Waals surface area contributed by atoms with Gasteiger partial charge in [-0.2, -0.15) is 0 Å². The van der Waals surface area contributed by atoms with E-state index in [1.165, 1.54) is 6.08 Å². The van der Waals surface area contributed by atoms with Crippen LogP contribution in [0, 0.1) is 0 Å². The van der Waals surface area contributed by atoms with Crippen LogP contribution in [0.15, 0.2) is 12.7 Å². The molecule has 1 heterocycles. The van der Waals surface area contributed by atoms with Gasteiger partial charge in [0.2, 0.25) is 0 Å². The van der Waals surface area contributed by atoms with Crippen LogP contribution < -0.4 is 0 Å². The van der Waals surface area contributed by atoms with Crippen molar-refractivity contribution in [1.82, 2.24) is 0 Å². The maximum atomic E-state index is 9.34. The van der Waals surface area contributed by atoms with Gasteiger partial charge in [-0.05, 0) is 0 Å². The number of ether oxygens (including phenoxy) is 2. The van der Waals surface area contributed by atoms with Gasteiger partial charge in [0.1, 0.15) is 18.3 Å². The van der Waals surface area contributed by atoms with Crippen LogP contribution in [0.3, 0.4) is 0 Å². The molecule has 0 aromatic carbocycles. The van der Waals surface area contributed by atoms with Crippen molar-refractivity contribution in [3.05, 3.63) is 12.7 Å². The summed E-state index contributed by atoms with van der Waals surface area (Å²) in [5.74, 6) is 0. The minimum absolute atomic E-state index is 0.229. The fourth-order valence-corrected chi connectivity index (χ4v) is 1.17. The summed E-state index contributed by atoms with van der Waals surface area (Å²) in [4.78, 5) is 0. The summed E-state index contributed by atoms with van der Waals surface area (Å²) in [6, 6.07) is 0. The van der Waals surface area contributed by atoms with Gasteiger partial charge in [0, 0.05) is 0 Å². The lowest BCUT2D eigenvalue weighted by Gasteiger charge is -2.13. The number of rotatable bonds is 4. The molecule has 0 aliphatic carbocycles. The maximum Gasteiger partial charge on any atom is 0.187 e. The molecular weight excluding hydrogens is 176 g/mol. The van der Waals surface area contributed by atoms with Crippen molar-refractivity contribution < 1.29 is 24.8 Å². The van der Waals surface area contributed by atoms with E-state index < -0.39 is 24.6 Å². The third-order valence-corrected chi connectivity index (χ3v) is 1.88. The largest absolute Gasteiger partial charge is 0.394 e. The Morgan fingerprint density at radius 2 is 2.08 bits per heavy atom. The Labute approximate surface area is 76.2 Å². The summed E-state index contributed by atoms with van der Waals surface area (Å²) in [7, 11) is 0. The molecule has 0 amide bonds. The highest BCUT2D eigenvalue weighted by Crippen LogP contribution is 2.21. The predicted octanol–water partition coefficient (Wildman–Crippen LogP) is -1.37. The lowest BCUT2D eigenvalue weighted by Crippen LogP contribution is -2.34. The van der Waals surface area contributed by atoms with E-state index in [1.807, 2.05) is 0 Å². The molecule has 0 bridgehead atoms. The van der Waals surface area contributed by atoms with Crippen LogP contribution in [0.25, 0.3) is 0 Å². The highest BCUT2D eigenvalue weighted by molar-refractivity contribution is 4.86. The fraction of sp³-hybridized carbons (Fsp3) is 0.750. The van der Waals surface area contributed by atoms with Crippen LogP contribution in [-0.2, 0) is 9.47 Å². The minimum Gasteiger partial charge on any atom is -0.394 e. The second-order valence-electron chi connectivity index (χ2n) is 2.83. The summed E-state index contributed by atoms with van der Waals surface area (Å²) < 4.78 is 10.0. The average Bonchev–Trinajstić information content (AvgIpc) is 2.41. The van der Waals surface area contributed by atoms with Gasteiger partial charge in [-0.25, -0.2) is 0 Å². The van der Waals surface area contributed by atoms with Crippen molar-refractivity contribution in [2.45, 2.75) is 24.6 Å². The lowest BCUT2D eigenvalue weighted by molar-refractivity contribution is -0.162. The molecule has 0 aromatic heterocycles. The Morgan fingerprint density at radius 1 is 1.38 bits per heavy atom.